The van der Waals surface area contributed by atoms with E-state index in [-0.39, 0.29) is 11.8 Å². The van der Waals surface area contributed by atoms with Gasteiger partial charge in [0.05, 0.1) is 5.69 Å². The molecule has 0 saturated carbocycles. The summed E-state index contributed by atoms with van der Waals surface area (Å²) in [6, 6.07) is 6.08. The fourth-order valence-corrected chi connectivity index (χ4v) is 1.89. The molecule has 16 heavy (non-hydrogen) atoms. The molecular formula is C10H9FN4S. The lowest BCUT2D eigenvalue weighted by molar-refractivity contribution is 0.628. The number of hydrogen-bond acceptors (Lipinski definition) is 3. The van der Waals surface area contributed by atoms with Crippen molar-refractivity contribution >= 4 is 22.4 Å². The van der Waals surface area contributed by atoms with Gasteiger partial charge in [-0.1, -0.05) is 0 Å². The molecule has 2 rings (SSSR count). The Morgan fingerprint density at radius 1 is 1.25 bits per heavy atom. The van der Waals surface area contributed by atoms with E-state index >= 15 is 0 Å². The van der Waals surface area contributed by atoms with Crippen LogP contribution < -0.4 is 11.5 Å². The average molecular weight is 236 g/mol. The van der Waals surface area contributed by atoms with Crippen LogP contribution in [-0.2, 0) is 0 Å². The molecule has 0 unspecified atom stereocenters. The van der Waals surface area contributed by atoms with E-state index in [1.54, 1.807) is 12.1 Å². The molecule has 0 radical (unpaired) electrons. The summed E-state index contributed by atoms with van der Waals surface area (Å²) >= 11 is 1.32. The number of nitrogens with two attached hydrogens (primary N) is 2. The summed E-state index contributed by atoms with van der Waals surface area (Å²) in [5, 5.41) is 2.30. The second-order valence-corrected chi connectivity index (χ2v) is 3.90. The Labute approximate surface area is 95.5 Å². The Balaban J connectivity index is 2.31. The summed E-state index contributed by atoms with van der Waals surface area (Å²) in [5.74, 6) is -0.302. The van der Waals surface area contributed by atoms with Gasteiger partial charge in [0.2, 0.25) is 5.13 Å². The van der Waals surface area contributed by atoms with E-state index in [4.69, 9.17) is 11.5 Å². The van der Waals surface area contributed by atoms with E-state index in [2.05, 4.69) is 9.98 Å². The first-order valence-corrected chi connectivity index (χ1v) is 5.34. The van der Waals surface area contributed by atoms with Crippen molar-refractivity contribution in [2.45, 2.75) is 0 Å². The highest BCUT2D eigenvalue weighted by Gasteiger charge is 2.03. The second-order valence-electron chi connectivity index (χ2n) is 3.06. The lowest BCUT2D eigenvalue weighted by atomic mass is 10.2. The molecular weight excluding hydrogens is 227 g/mol. The minimum Gasteiger partial charge on any atom is -0.370 e. The van der Waals surface area contributed by atoms with Gasteiger partial charge < -0.3 is 11.5 Å². The van der Waals surface area contributed by atoms with Crippen LogP contribution in [0.4, 0.5) is 9.52 Å². The highest BCUT2D eigenvalue weighted by Crippen LogP contribution is 2.26. The number of halogens is 1. The standard InChI is InChI=1S/C10H9FN4S/c11-7-3-1-6(2-4-7)8-5-16-10(14-8)15-9(12)13/h1-5H,(H4,12,13,14,15). The topological polar surface area (TPSA) is 77.3 Å². The predicted octanol–water partition coefficient (Wildman–Crippen LogP) is 1.85. The molecule has 0 fully saturated rings. The zero-order chi connectivity index (χ0) is 11.5. The van der Waals surface area contributed by atoms with Crippen molar-refractivity contribution in [3.63, 3.8) is 0 Å². The smallest absolute Gasteiger partial charge is 0.212 e. The van der Waals surface area contributed by atoms with Crippen LogP contribution in [0.3, 0.4) is 0 Å². The third kappa shape index (κ3) is 2.34. The molecule has 0 saturated heterocycles. The lowest BCUT2D eigenvalue weighted by Crippen LogP contribution is -2.21. The lowest BCUT2D eigenvalue weighted by Gasteiger charge is -1.94. The number of guanidine groups is 1. The van der Waals surface area contributed by atoms with Crippen LogP contribution >= 0.6 is 11.3 Å². The Hall–Kier alpha value is -1.95. The number of aliphatic imine (C=N–C) groups is 1. The maximum absolute atomic E-state index is 12.7. The van der Waals surface area contributed by atoms with E-state index in [0.29, 0.717) is 5.13 Å². The predicted molar refractivity (Wildman–Crippen MR) is 63.0 cm³/mol. The number of rotatable bonds is 2. The SMILES string of the molecule is NC(N)=Nc1nc(-c2ccc(F)cc2)cs1. The van der Waals surface area contributed by atoms with Gasteiger partial charge in [0.15, 0.2) is 5.96 Å². The highest BCUT2D eigenvalue weighted by molar-refractivity contribution is 7.13. The molecule has 0 amide bonds. The largest absolute Gasteiger partial charge is 0.370 e. The molecule has 1 aromatic carbocycles. The van der Waals surface area contributed by atoms with Crippen molar-refractivity contribution in [1.82, 2.24) is 4.98 Å². The van der Waals surface area contributed by atoms with Gasteiger partial charge in [0.1, 0.15) is 5.82 Å². The number of hydrogen-bond donors (Lipinski definition) is 2. The molecule has 0 aliphatic carbocycles. The first-order chi connectivity index (χ1) is 7.65. The van der Waals surface area contributed by atoms with E-state index in [0.717, 1.165) is 11.3 Å². The summed E-state index contributed by atoms with van der Waals surface area (Å²) in [7, 11) is 0. The molecule has 82 valence electrons. The normalized spacial score (nSPS) is 10.1. The fourth-order valence-electron chi connectivity index (χ4n) is 1.18. The Morgan fingerprint density at radius 2 is 1.94 bits per heavy atom. The van der Waals surface area contributed by atoms with Crippen LogP contribution in [-0.4, -0.2) is 10.9 Å². The van der Waals surface area contributed by atoms with Crippen LogP contribution in [0.2, 0.25) is 0 Å². The van der Waals surface area contributed by atoms with E-state index in [1.807, 2.05) is 5.38 Å². The zero-order valence-electron chi connectivity index (χ0n) is 8.22. The summed E-state index contributed by atoms with van der Waals surface area (Å²) in [6.45, 7) is 0. The van der Waals surface area contributed by atoms with E-state index in [9.17, 15) is 4.39 Å². The molecule has 0 aliphatic heterocycles. The molecule has 1 heterocycles. The minimum absolute atomic E-state index is 0.0278. The van der Waals surface area contributed by atoms with Crippen LogP contribution in [0.1, 0.15) is 0 Å². The second kappa shape index (κ2) is 4.28. The quantitative estimate of drug-likeness (QED) is 0.617. The van der Waals surface area contributed by atoms with Gasteiger partial charge in [0.25, 0.3) is 0 Å². The monoisotopic (exact) mass is 236 g/mol. The molecule has 1 aromatic heterocycles. The summed E-state index contributed by atoms with van der Waals surface area (Å²) in [5.41, 5.74) is 12.0. The van der Waals surface area contributed by atoms with Crippen molar-refractivity contribution in [3.05, 3.63) is 35.5 Å². The molecule has 0 aliphatic rings. The van der Waals surface area contributed by atoms with Crippen LogP contribution in [0.15, 0.2) is 34.6 Å². The maximum atomic E-state index is 12.7. The highest BCUT2D eigenvalue weighted by atomic mass is 32.1. The van der Waals surface area contributed by atoms with Crippen molar-refractivity contribution < 1.29 is 4.39 Å². The molecule has 4 nitrogen and oxygen atoms in total. The number of benzene rings is 1. The van der Waals surface area contributed by atoms with Crippen molar-refractivity contribution in [1.29, 1.82) is 0 Å². The van der Waals surface area contributed by atoms with Crippen LogP contribution in [0.5, 0.6) is 0 Å². The van der Waals surface area contributed by atoms with Crippen molar-refractivity contribution in [3.8, 4) is 11.3 Å². The van der Waals surface area contributed by atoms with Gasteiger partial charge in [-0.2, -0.15) is 4.99 Å². The number of thiazole rings is 1. The summed E-state index contributed by atoms with van der Waals surface area (Å²) in [6.07, 6.45) is 0. The molecule has 2 aromatic rings. The molecule has 6 heteroatoms. The number of nitrogens with zero attached hydrogens (tertiary/aromatic N) is 2. The Kier molecular flexibility index (Phi) is 2.82. The van der Waals surface area contributed by atoms with E-state index < -0.39 is 0 Å². The third-order valence-electron chi connectivity index (χ3n) is 1.86. The van der Waals surface area contributed by atoms with Crippen LogP contribution in [0, 0.1) is 5.82 Å². The average Bonchev–Trinajstić information content (AvgIpc) is 2.66. The van der Waals surface area contributed by atoms with Crippen LogP contribution in [0.25, 0.3) is 11.3 Å². The molecule has 0 atom stereocenters. The zero-order valence-corrected chi connectivity index (χ0v) is 9.04. The molecule has 4 N–H and O–H groups in total. The summed E-state index contributed by atoms with van der Waals surface area (Å²) < 4.78 is 12.7. The number of aromatic nitrogens is 1. The van der Waals surface area contributed by atoms with Crippen molar-refractivity contribution in [2.75, 3.05) is 0 Å². The van der Waals surface area contributed by atoms with Gasteiger partial charge in [0, 0.05) is 10.9 Å². The first kappa shape index (κ1) is 10.6. The van der Waals surface area contributed by atoms with Gasteiger partial charge in [-0.15, -0.1) is 11.3 Å². The minimum atomic E-state index is -0.275. The maximum Gasteiger partial charge on any atom is 0.212 e. The van der Waals surface area contributed by atoms with Gasteiger partial charge >= 0.3 is 0 Å². The molecule has 0 bridgehead atoms. The van der Waals surface area contributed by atoms with Gasteiger partial charge in [-0.3, -0.25) is 0 Å². The first-order valence-electron chi connectivity index (χ1n) is 4.46. The Bertz CT molecular complexity index is 514. The van der Waals surface area contributed by atoms with E-state index in [1.165, 1.54) is 23.5 Å². The fraction of sp³-hybridized carbons (Fsp3) is 0. The Morgan fingerprint density at radius 3 is 2.56 bits per heavy atom. The van der Waals surface area contributed by atoms with Gasteiger partial charge in [-0.25, -0.2) is 9.37 Å². The van der Waals surface area contributed by atoms with Gasteiger partial charge in [-0.05, 0) is 24.3 Å². The van der Waals surface area contributed by atoms with Crippen molar-refractivity contribution in [2.24, 2.45) is 16.5 Å². The molecule has 0 spiro atoms. The summed E-state index contributed by atoms with van der Waals surface area (Å²) in [4.78, 5) is 8.03. The third-order valence-corrected chi connectivity index (χ3v) is 2.59.